The molecule has 0 spiro atoms. The van der Waals surface area contributed by atoms with Gasteiger partial charge in [0.05, 0.1) is 11.4 Å². The molecule has 8 nitrogen and oxygen atoms in total. The molecule has 0 fully saturated rings. The van der Waals surface area contributed by atoms with Gasteiger partial charge in [0.2, 0.25) is 0 Å². The predicted molar refractivity (Wildman–Crippen MR) is 155 cm³/mol. The molecule has 3 aliphatic heterocycles. The van der Waals surface area contributed by atoms with E-state index in [1.807, 2.05) is 60.7 Å². The number of hydrogen-bond donors (Lipinski definition) is 1. The zero-order valence-electron chi connectivity index (χ0n) is 21.2. The van der Waals surface area contributed by atoms with Crippen molar-refractivity contribution in [2.24, 2.45) is 20.0 Å². The monoisotopic (exact) mass is 576 g/mol. The third-order valence-corrected chi connectivity index (χ3v) is 8.07. The molecule has 1 unspecified atom stereocenters. The molecule has 0 saturated carbocycles. The van der Waals surface area contributed by atoms with Crippen LogP contribution in [0.25, 0.3) is 38.1 Å². The molecule has 7 aromatic rings. The van der Waals surface area contributed by atoms with Crippen molar-refractivity contribution in [2.75, 3.05) is 5.32 Å². The molecular weight excluding hydrogens is 560 g/mol. The largest absolute Gasteiger partial charge is 2.00 e. The quantitative estimate of drug-likeness (QED) is 0.259. The number of aliphatic imine (C=N–C) groups is 2. The number of nitrogens with one attached hydrogen (secondary N) is 1. The van der Waals surface area contributed by atoms with E-state index < -0.39 is 0 Å². The number of fused-ring (bicyclic) bond motifs is 14. The van der Waals surface area contributed by atoms with Crippen molar-refractivity contribution in [1.82, 2.24) is 14.4 Å². The SMILES string of the molecule is [Cu+2].c1ccc2c(c1)C1=N/C2=N\c2[n-]c(c3ccccc23)NC2N=c3c4c2cccc4nc2c4ccccc4c(n32)=N1. The maximum atomic E-state index is 5.26. The van der Waals surface area contributed by atoms with E-state index in [-0.39, 0.29) is 23.2 Å². The molecular formula is C32H17CuN8+. The Morgan fingerprint density at radius 1 is 0.659 bits per heavy atom. The van der Waals surface area contributed by atoms with E-state index >= 15 is 0 Å². The Kier molecular flexibility index (Phi) is 4.41. The topological polar surface area (TPSA) is 92.9 Å². The van der Waals surface area contributed by atoms with Gasteiger partial charge in [0.15, 0.2) is 11.3 Å². The number of anilines is 1. The van der Waals surface area contributed by atoms with Gasteiger partial charge < -0.3 is 15.3 Å². The van der Waals surface area contributed by atoms with E-state index in [0.29, 0.717) is 17.5 Å². The Bertz CT molecular complexity index is 2480. The molecule has 6 bridgehead atoms. The second-order valence-electron chi connectivity index (χ2n) is 10.2. The summed E-state index contributed by atoms with van der Waals surface area (Å²) in [5.41, 5.74) is 6.25. The summed E-state index contributed by atoms with van der Waals surface area (Å²) < 4.78 is 2.09. The van der Waals surface area contributed by atoms with E-state index in [1.165, 1.54) is 0 Å². The number of aromatic nitrogens is 3. The summed E-state index contributed by atoms with van der Waals surface area (Å²) in [6, 6.07) is 30.7. The minimum absolute atomic E-state index is 0. The summed E-state index contributed by atoms with van der Waals surface area (Å²) in [4.78, 5) is 30.6. The fourth-order valence-corrected chi connectivity index (χ4v) is 6.31. The van der Waals surface area contributed by atoms with Crippen LogP contribution in [0.5, 0.6) is 0 Å². The summed E-state index contributed by atoms with van der Waals surface area (Å²) in [5.74, 6) is 2.58. The Hall–Kier alpha value is -5.11. The van der Waals surface area contributed by atoms with Crippen LogP contribution in [0, 0.1) is 0 Å². The van der Waals surface area contributed by atoms with Gasteiger partial charge in [-0.15, -0.1) is 0 Å². The van der Waals surface area contributed by atoms with E-state index in [4.69, 9.17) is 29.9 Å². The number of hydrogen-bond acceptors (Lipinski definition) is 6. The number of benzene rings is 4. The Morgan fingerprint density at radius 3 is 2.20 bits per heavy atom. The predicted octanol–water partition coefficient (Wildman–Crippen LogP) is 4.96. The average Bonchev–Trinajstić information content (AvgIpc) is 3.72. The zero-order chi connectivity index (χ0) is 25.9. The first kappa shape index (κ1) is 22.7. The molecule has 195 valence electrons. The average molecular weight is 577 g/mol. The fourth-order valence-electron chi connectivity index (χ4n) is 6.31. The number of amidine groups is 2. The van der Waals surface area contributed by atoms with Gasteiger partial charge in [0, 0.05) is 38.9 Å². The van der Waals surface area contributed by atoms with E-state index in [2.05, 4.69) is 40.0 Å². The van der Waals surface area contributed by atoms with Gasteiger partial charge in [-0.2, -0.15) is 0 Å². The number of nitrogens with zero attached hydrogens (tertiary/aromatic N) is 7. The maximum Gasteiger partial charge on any atom is 2.00 e. The van der Waals surface area contributed by atoms with E-state index in [0.717, 1.165) is 71.6 Å². The van der Waals surface area contributed by atoms with Crippen LogP contribution in [0.4, 0.5) is 11.6 Å². The van der Waals surface area contributed by atoms with Crippen molar-refractivity contribution in [3.63, 3.8) is 0 Å². The molecule has 1 atom stereocenters. The second-order valence-corrected chi connectivity index (χ2v) is 10.2. The Morgan fingerprint density at radius 2 is 1.37 bits per heavy atom. The second kappa shape index (κ2) is 7.97. The Labute approximate surface area is 242 Å². The third kappa shape index (κ3) is 2.91. The van der Waals surface area contributed by atoms with Crippen molar-refractivity contribution in [3.8, 4) is 0 Å². The van der Waals surface area contributed by atoms with Gasteiger partial charge >= 0.3 is 17.1 Å². The minimum atomic E-state index is -0.336. The summed E-state index contributed by atoms with van der Waals surface area (Å²) in [5, 5.41) is 8.62. The van der Waals surface area contributed by atoms with Crippen molar-refractivity contribution < 1.29 is 17.1 Å². The first-order chi connectivity index (χ1) is 19.8. The van der Waals surface area contributed by atoms with E-state index in [9.17, 15) is 0 Å². The Balaban J connectivity index is 0.00000240. The first-order valence-electron chi connectivity index (χ1n) is 13.2. The van der Waals surface area contributed by atoms with Crippen LogP contribution in [0.2, 0.25) is 0 Å². The summed E-state index contributed by atoms with van der Waals surface area (Å²) >= 11 is 0. The molecule has 1 radical (unpaired) electrons. The van der Waals surface area contributed by atoms with Gasteiger partial charge in [-0.05, 0) is 22.4 Å². The molecule has 1 N–H and O–H groups in total. The maximum absolute atomic E-state index is 5.26. The molecule has 0 saturated heterocycles. The van der Waals surface area contributed by atoms with Gasteiger partial charge in [-0.1, -0.05) is 84.9 Å². The summed E-state index contributed by atoms with van der Waals surface area (Å²) in [6.07, 6.45) is -0.336. The van der Waals surface area contributed by atoms with Crippen molar-refractivity contribution >= 4 is 61.4 Å². The van der Waals surface area contributed by atoms with Crippen LogP contribution >= 0.6 is 0 Å². The van der Waals surface area contributed by atoms with Crippen molar-refractivity contribution in [2.45, 2.75) is 6.17 Å². The molecule has 10 rings (SSSR count). The zero-order valence-corrected chi connectivity index (χ0v) is 22.1. The third-order valence-electron chi connectivity index (χ3n) is 8.07. The molecule has 3 aliphatic rings. The molecule has 41 heavy (non-hydrogen) atoms. The molecule has 9 heteroatoms. The van der Waals surface area contributed by atoms with Crippen LogP contribution in [-0.2, 0) is 17.1 Å². The van der Waals surface area contributed by atoms with Crippen molar-refractivity contribution in [1.29, 1.82) is 0 Å². The van der Waals surface area contributed by atoms with Gasteiger partial charge in [-0.25, -0.2) is 15.0 Å². The van der Waals surface area contributed by atoms with Gasteiger partial charge in [-0.3, -0.25) is 9.39 Å². The minimum Gasteiger partial charge on any atom is -0.416 e. The standard InChI is InChI=1S/C32H17N8.Cu/c1-2-9-17-16(8-1)25-34-26-18-10-3-4-11-19(18)28(36-26)38-31-21-13-6-5-12-20(21)30-33-23-15-7-14-22-24(23)32(40(30)31)39-29(22)37-27(17)35-25;/h1-15,29,37H;/q-1;+2/b34-26-,38-31?;. The number of rotatable bonds is 0. The molecule has 4 aromatic carbocycles. The smallest absolute Gasteiger partial charge is 0.416 e. The normalized spacial score (nSPS) is 17.5. The van der Waals surface area contributed by atoms with Crippen LogP contribution in [0.1, 0.15) is 22.9 Å². The van der Waals surface area contributed by atoms with Crippen LogP contribution in [0.15, 0.2) is 111 Å². The van der Waals surface area contributed by atoms with Crippen LogP contribution < -0.4 is 21.3 Å². The molecule has 0 amide bonds. The van der Waals surface area contributed by atoms with E-state index in [1.54, 1.807) is 0 Å². The summed E-state index contributed by atoms with van der Waals surface area (Å²) in [6.45, 7) is 0. The first-order valence-corrected chi connectivity index (χ1v) is 13.2. The van der Waals surface area contributed by atoms with Crippen LogP contribution in [0.3, 0.4) is 0 Å². The van der Waals surface area contributed by atoms with Crippen molar-refractivity contribution in [3.05, 3.63) is 119 Å². The fraction of sp³-hybridized carbons (Fsp3) is 0.0312. The van der Waals surface area contributed by atoms with Crippen LogP contribution in [-0.4, -0.2) is 21.1 Å². The van der Waals surface area contributed by atoms with Gasteiger partial charge in [0.25, 0.3) is 0 Å². The molecule has 3 aromatic heterocycles. The molecule has 6 heterocycles. The molecule has 0 aliphatic carbocycles. The summed E-state index contributed by atoms with van der Waals surface area (Å²) in [7, 11) is 0. The van der Waals surface area contributed by atoms with Gasteiger partial charge in [0.1, 0.15) is 17.3 Å².